The van der Waals surface area contributed by atoms with Gasteiger partial charge in [0.15, 0.2) is 5.96 Å². The Morgan fingerprint density at radius 3 is 2.74 bits per heavy atom. The van der Waals surface area contributed by atoms with E-state index in [0.29, 0.717) is 5.92 Å². The Morgan fingerprint density at radius 1 is 1.39 bits per heavy atom. The van der Waals surface area contributed by atoms with Gasteiger partial charge in [-0.2, -0.15) is 5.10 Å². The van der Waals surface area contributed by atoms with E-state index in [1.165, 1.54) is 5.56 Å². The Labute approximate surface area is 143 Å². The molecule has 0 amide bonds. The predicted molar refractivity (Wildman–Crippen MR) is 95.7 cm³/mol. The van der Waals surface area contributed by atoms with Crippen LogP contribution in [-0.4, -0.2) is 41.3 Å². The van der Waals surface area contributed by atoms with E-state index in [1.54, 1.807) is 13.2 Å². The topological polar surface area (TPSA) is 45.5 Å². The summed E-state index contributed by atoms with van der Waals surface area (Å²) in [6.45, 7) is 4.71. The van der Waals surface area contributed by atoms with Crippen molar-refractivity contribution in [3.05, 3.63) is 53.3 Å². The van der Waals surface area contributed by atoms with Crippen molar-refractivity contribution >= 4 is 17.6 Å². The van der Waals surface area contributed by atoms with E-state index in [4.69, 9.17) is 11.6 Å². The lowest BCUT2D eigenvalue weighted by atomic mass is 10.2. The van der Waals surface area contributed by atoms with Crippen molar-refractivity contribution in [1.29, 1.82) is 0 Å². The van der Waals surface area contributed by atoms with Crippen molar-refractivity contribution in [3.63, 3.8) is 0 Å². The molecular weight excluding hydrogens is 310 g/mol. The molecular formula is C17H24ClN5. The van der Waals surface area contributed by atoms with Crippen LogP contribution in [0.3, 0.4) is 0 Å². The Morgan fingerprint density at radius 2 is 2.13 bits per heavy atom. The lowest BCUT2D eigenvalue weighted by molar-refractivity contribution is 0.423. The quantitative estimate of drug-likeness (QED) is 0.653. The van der Waals surface area contributed by atoms with Crippen LogP contribution in [0.15, 0.2) is 47.7 Å². The number of guanidine groups is 1. The molecule has 0 aliphatic heterocycles. The first-order chi connectivity index (χ1) is 11.1. The number of nitrogens with zero attached hydrogens (tertiary/aromatic N) is 4. The standard InChI is InChI=1S/C17H24ClN5/c1-14(12-23-10-4-9-21-23)11-20-17(19-2)22(3)13-15-5-7-16(18)8-6-15/h4-10,14H,11-13H2,1-3H3,(H,19,20). The van der Waals surface area contributed by atoms with Gasteiger partial charge in [-0.3, -0.25) is 9.67 Å². The van der Waals surface area contributed by atoms with Crippen molar-refractivity contribution in [2.45, 2.75) is 20.0 Å². The molecule has 23 heavy (non-hydrogen) atoms. The van der Waals surface area contributed by atoms with Gasteiger partial charge < -0.3 is 10.2 Å². The number of hydrogen-bond donors (Lipinski definition) is 1. The van der Waals surface area contributed by atoms with Gasteiger partial charge in [-0.25, -0.2) is 0 Å². The highest BCUT2D eigenvalue weighted by atomic mass is 35.5. The largest absolute Gasteiger partial charge is 0.356 e. The molecule has 6 heteroatoms. The fourth-order valence-electron chi connectivity index (χ4n) is 2.38. The number of nitrogens with one attached hydrogen (secondary N) is 1. The van der Waals surface area contributed by atoms with Crippen molar-refractivity contribution in [1.82, 2.24) is 20.0 Å². The molecule has 5 nitrogen and oxygen atoms in total. The van der Waals surface area contributed by atoms with Crippen molar-refractivity contribution in [2.24, 2.45) is 10.9 Å². The molecule has 124 valence electrons. The molecule has 1 aromatic heterocycles. The maximum absolute atomic E-state index is 5.92. The SMILES string of the molecule is CN=C(NCC(C)Cn1cccn1)N(C)Cc1ccc(Cl)cc1. The summed E-state index contributed by atoms with van der Waals surface area (Å²) in [4.78, 5) is 6.45. The van der Waals surface area contributed by atoms with Gasteiger partial charge in [0, 0.05) is 51.1 Å². The van der Waals surface area contributed by atoms with Crippen LogP contribution in [0.1, 0.15) is 12.5 Å². The lowest BCUT2D eigenvalue weighted by Crippen LogP contribution is -2.40. The average molecular weight is 334 g/mol. The molecule has 0 fully saturated rings. The third kappa shape index (κ3) is 5.60. The van der Waals surface area contributed by atoms with Crippen LogP contribution in [0.25, 0.3) is 0 Å². The van der Waals surface area contributed by atoms with E-state index < -0.39 is 0 Å². The highest BCUT2D eigenvalue weighted by Gasteiger charge is 2.09. The number of halogens is 1. The van der Waals surface area contributed by atoms with Crippen molar-refractivity contribution in [2.75, 3.05) is 20.6 Å². The van der Waals surface area contributed by atoms with Gasteiger partial charge in [0.2, 0.25) is 0 Å². The van der Waals surface area contributed by atoms with E-state index in [-0.39, 0.29) is 0 Å². The second kappa shape index (κ2) is 8.58. The highest BCUT2D eigenvalue weighted by molar-refractivity contribution is 6.30. The molecule has 1 aromatic carbocycles. The van der Waals surface area contributed by atoms with Crippen LogP contribution in [0.4, 0.5) is 0 Å². The van der Waals surface area contributed by atoms with Gasteiger partial charge in [0.05, 0.1) is 0 Å². The summed E-state index contributed by atoms with van der Waals surface area (Å²) in [7, 11) is 3.83. The molecule has 1 atom stereocenters. The summed E-state index contributed by atoms with van der Waals surface area (Å²) in [5, 5.41) is 8.42. The molecule has 0 bridgehead atoms. The summed E-state index contributed by atoms with van der Waals surface area (Å²) in [6.07, 6.45) is 3.79. The maximum Gasteiger partial charge on any atom is 0.193 e. The molecule has 2 rings (SSSR count). The molecule has 1 heterocycles. The van der Waals surface area contributed by atoms with E-state index in [9.17, 15) is 0 Å². The molecule has 0 saturated heterocycles. The van der Waals surface area contributed by atoms with Crippen molar-refractivity contribution in [3.8, 4) is 0 Å². The number of benzene rings is 1. The summed E-state index contributed by atoms with van der Waals surface area (Å²) in [6, 6.07) is 9.83. The van der Waals surface area contributed by atoms with Gasteiger partial charge in [-0.05, 0) is 29.7 Å². The second-order valence-corrected chi connectivity index (χ2v) is 6.18. The molecule has 2 aromatic rings. The normalized spacial score (nSPS) is 13.0. The summed E-state index contributed by atoms with van der Waals surface area (Å²) in [5.41, 5.74) is 1.20. The maximum atomic E-state index is 5.92. The smallest absolute Gasteiger partial charge is 0.193 e. The fraction of sp³-hybridized carbons (Fsp3) is 0.412. The first-order valence-electron chi connectivity index (χ1n) is 7.72. The van der Waals surface area contributed by atoms with E-state index >= 15 is 0 Å². The third-order valence-corrected chi connectivity index (χ3v) is 3.82. The lowest BCUT2D eigenvalue weighted by Gasteiger charge is -2.23. The van der Waals surface area contributed by atoms with Crippen molar-refractivity contribution < 1.29 is 0 Å². The summed E-state index contributed by atoms with van der Waals surface area (Å²) in [5.74, 6) is 1.34. The molecule has 1 N–H and O–H groups in total. The van der Waals surface area contributed by atoms with Crippen LogP contribution in [-0.2, 0) is 13.1 Å². The van der Waals surface area contributed by atoms with Gasteiger partial charge in [0.1, 0.15) is 0 Å². The molecule has 0 aliphatic rings. The van der Waals surface area contributed by atoms with E-state index in [2.05, 4.69) is 27.2 Å². The fourth-order valence-corrected chi connectivity index (χ4v) is 2.51. The Kier molecular flexibility index (Phi) is 6.47. The molecule has 1 unspecified atom stereocenters. The Balaban J connectivity index is 1.83. The Bertz CT molecular complexity index is 606. The zero-order valence-electron chi connectivity index (χ0n) is 13.9. The number of aromatic nitrogens is 2. The Hall–Kier alpha value is -2.01. The predicted octanol–water partition coefficient (Wildman–Crippen LogP) is 2.88. The number of hydrogen-bond acceptors (Lipinski definition) is 2. The van der Waals surface area contributed by atoms with Gasteiger partial charge in [-0.1, -0.05) is 30.7 Å². The van der Waals surface area contributed by atoms with E-state index in [1.807, 2.05) is 48.3 Å². The van der Waals surface area contributed by atoms with Gasteiger partial charge in [0.25, 0.3) is 0 Å². The van der Waals surface area contributed by atoms with Gasteiger partial charge >= 0.3 is 0 Å². The summed E-state index contributed by atoms with van der Waals surface area (Å²) < 4.78 is 1.95. The first-order valence-corrected chi connectivity index (χ1v) is 8.10. The van der Waals surface area contributed by atoms with E-state index in [0.717, 1.165) is 30.6 Å². The zero-order valence-corrected chi connectivity index (χ0v) is 14.7. The molecule has 0 aliphatic carbocycles. The minimum Gasteiger partial charge on any atom is -0.356 e. The van der Waals surface area contributed by atoms with Crippen LogP contribution in [0, 0.1) is 5.92 Å². The minimum absolute atomic E-state index is 0.454. The van der Waals surface area contributed by atoms with Crippen LogP contribution in [0.2, 0.25) is 5.02 Å². The first kappa shape index (κ1) is 17.3. The van der Waals surface area contributed by atoms with Crippen LogP contribution in [0.5, 0.6) is 0 Å². The highest BCUT2D eigenvalue weighted by Crippen LogP contribution is 2.11. The van der Waals surface area contributed by atoms with Crippen LogP contribution < -0.4 is 5.32 Å². The summed E-state index contributed by atoms with van der Waals surface area (Å²) >= 11 is 5.92. The average Bonchev–Trinajstić information content (AvgIpc) is 3.03. The van der Waals surface area contributed by atoms with Gasteiger partial charge in [-0.15, -0.1) is 0 Å². The number of aliphatic imine (C=N–C) groups is 1. The molecule has 0 saturated carbocycles. The minimum atomic E-state index is 0.454. The second-order valence-electron chi connectivity index (χ2n) is 5.74. The monoisotopic (exact) mass is 333 g/mol. The third-order valence-electron chi connectivity index (χ3n) is 3.57. The zero-order chi connectivity index (χ0) is 16.7. The van der Waals surface area contributed by atoms with Crippen LogP contribution >= 0.6 is 11.6 Å². The molecule has 0 radical (unpaired) electrons. The number of rotatable bonds is 6. The molecule has 0 spiro atoms.